The molecule has 0 bridgehead atoms. The fourth-order valence-corrected chi connectivity index (χ4v) is 2.45. The summed E-state index contributed by atoms with van der Waals surface area (Å²) in [6.45, 7) is 2.92. The quantitative estimate of drug-likeness (QED) is 0.898. The van der Waals surface area contributed by atoms with E-state index in [4.69, 9.17) is 0 Å². The van der Waals surface area contributed by atoms with Gasteiger partial charge in [-0.15, -0.1) is 0 Å². The van der Waals surface area contributed by atoms with E-state index in [0.29, 0.717) is 5.56 Å². The van der Waals surface area contributed by atoms with Crippen LogP contribution in [-0.2, 0) is 6.42 Å². The molecule has 0 saturated carbocycles. The molecule has 3 rings (SSSR count). The van der Waals surface area contributed by atoms with E-state index >= 15 is 0 Å². The smallest absolute Gasteiger partial charge is 0.251 e. The second-order valence-corrected chi connectivity index (χ2v) is 5.02. The minimum Gasteiger partial charge on any atom is -0.384 e. The Morgan fingerprint density at radius 1 is 1.30 bits per heavy atom. The summed E-state index contributed by atoms with van der Waals surface area (Å²) in [4.78, 5) is 16.3. The standard InChI is InChI=1S/C16H17N3O/c1-11(12-4-7-17-8-5-12)19-16(20)14-3-2-13-6-9-18-15(13)10-14/h2-5,7-8,10-11,18H,6,9H2,1H3,(H,19,20)/t11-/m1/s1. The van der Waals surface area contributed by atoms with Gasteiger partial charge in [-0.1, -0.05) is 6.07 Å². The highest BCUT2D eigenvalue weighted by molar-refractivity contribution is 5.95. The minimum absolute atomic E-state index is 0.0355. The Morgan fingerprint density at radius 3 is 2.90 bits per heavy atom. The van der Waals surface area contributed by atoms with E-state index in [9.17, 15) is 4.79 Å². The van der Waals surface area contributed by atoms with Crippen LogP contribution in [0.4, 0.5) is 5.69 Å². The summed E-state index contributed by atoms with van der Waals surface area (Å²) in [6.07, 6.45) is 4.50. The Bertz CT molecular complexity index is 625. The van der Waals surface area contributed by atoms with Crippen LogP contribution in [-0.4, -0.2) is 17.4 Å². The van der Waals surface area contributed by atoms with Gasteiger partial charge in [0.15, 0.2) is 0 Å². The number of hydrogen-bond acceptors (Lipinski definition) is 3. The van der Waals surface area contributed by atoms with Crippen LogP contribution < -0.4 is 10.6 Å². The first-order valence-electron chi connectivity index (χ1n) is 6.81. The zero-order valence-electron chi connectivity index (χ0n) is 11.4. The van der Waals surface area contributed by atoms with Gasteiger partial charge in [0.1, 0.15) is 0 Å². The highest BCUT2D eigenvalue weighted by Crippen LogP contribution is 2.23. The summed E-state index contributed by atoms with van der Waals surface area (Å²) >= 11 is 0. The number of rotatable bonds is 3. The van der Waals surface area contributed by atoms with Crippen molar-refractivity contribution in [3.63, 3.8) is 0 Å². The summed E-state index contributed by atoms with van der Waals surface area (Å²) in [5, 5.41) is 6.30. The lowest BCUT2D eigenvalue weighted by molar-refractivity contribution is 0.0940. The SMILES string of the molecule is C[C@@H](NC(=O)c1ccc2c(c1)NCC2)c1ccncc1. The number of pyridine rings is 1. The molecule has 1 atom stereocenters. The number of nitrogens with one attached hydrogen (secondary N) is 2. The van der Waals surface area contributed by atoms with Gasteiger partial charge >= 0.3 is 0 Å². The fraction of sp³-hybridized carbons (Fsp3) is 0.250. The summed E-state index contributed by atoms with van der Waals surface area (Å²) in [5.74, 6) is -0.0502. The third-order valence-electron chi connectivity index (χ3n) is 3.64. The number of amides is 1. The third-order valence-corrected chi connectivity index (χ3v) is 3.64. The van der Waals surface area contributed by atoms with Crippen LogP contribution >= 0.6 is 0 Å². The summed E-state index contributed by atoms with van der Waals surface area (Å²) in [7, 11) is 0. The van der Waals surface area contributed by atoms with E-state index in [2.05, 4.69) is 15.6 Å². The first-order valence-corrected chi connectivity index (χ1v) is 6.81. The molecule has 0 aliphatic carbocycles. The van der Waals surface area contributed by atoms with Crippen molar-refractivity contribution in [2.24, 2.45) is 0 Å². The van der Waals surface area contributed by atoms with Crippen molar-refractivity contribution in [2.75, 3.05) is 11.9 Å². The van der Waals surface area contributed by atoms with Gasteiger partial charge < -0.3 is 10.6 Å². The molecule has 1 aromatic heterocycles. The van der Waals surface area contributed by atoms with E-state index in [1.165, 1.54) is 5.56 Å². The fourth-order valence-electron chi connectivity index (χ4n) is 2.45. The molecule has 0 spiro atoms. The van der Waals surface area contributed by atoms with E-state index in [1.54, 1.807) is 12.4 Å². The minimum atomic E-state index is -0.0502. The molecule has 20 heavy (non-hydrogen) atoms. The van der Waals surface area contributed by atoms with E-state index < -0.39 is 0 Å². The van der Waals surface area contributed by atoms with E-state index in [-0.39, 0.29) is 11.9 Å². The molecule has 1 aliphatic rings. The lowest BCUT2D eigenvalue weighted by atomic mass is 10.1. The number of anilines is 1. The second kappa shape index (κ2) is 5.33. The highest BCUT2D eigenvalue weighted by Gasteiger charge is 2.15. The van der Waals surface area contributed by atoms with Gasteiger partial charge in [0, 0.05) is 30.2 Å². The van der Waals surface area contributed by atoms with Gasteiger partial charge in [-0.2, -0.15) is 0 Å². The van der Waals surface area contributed by atoms with E-state index in [0.717, 1.165) is 24.2 Å². The molecule has 102 valence electrons. The molecule has 1 aliphatic heterocycles. The number of carbonyl (C=O) groups is 1. The Labute approximate surface area is 118 Å². The van der Waals surface area contributed by atoms with Crippen molar-refractivity contribution < 1.29 is 4.79 Å². The van der Waals surface area contributed by atoms with Crippen LogP contribution in [0.15, 0.2) is 42.7 Å². The molecule has 0 saturated heterocycles. The summed E-state index contributed by atoms with van der Waals surface area (Å²) in [6, 6.07) is 9.63. The maximum atomic E-state index is 12.3. The average Bonchev–Trinajstić information content (AvgIpc) is 2.95. The molecular formula is C16H17N3O. The molecule has 0 unspecified atom stereocenters. The lowest BCUT2D eigenvalue weighted by Gasteiger charge is -2.14. The first-order chi connectivity index (χ1) is 9.74. The molecule has 4 heteroatoms. The lowest BCUT2D eigenvalue weighted by Crippen LogP contribution is -2.26. The van der Waals surface area contributed by atoms with Crippen LogP contribution in [0.2, 0.25) is 0 Å². The largest absolute Gasteiger partial charge is 0.384 e. The van der Waals surface area contributed by atoms with Gasteiger partial charge in [0.05, 0.1) is 6.04 Å². The number of hydrogen-bond donors (Lipinski definition) is 2. The highest BCUT2D eigenvalue weighted by atomic mass is 16.1. The van der Waals surface area contributed by atoms with Gasteiger partial charge in [-0.05, 0) is 48.7 Å². The number of aromatic nitrogens is 1. The predicted molar refractivity (Wildman–Crippen MR) is 78.8 cm³/mol. The molecule has 2 N–H and O–H groups in total. The van der Waals surface area contributed by atoms with Crippen LogP contribution in [0.5, 0.6) is 0 Å². The number of carbonyl (C=O) groups excluding carboxylic acids is 1. The molecule has 0 fully saturated rings. The second-order valence-electron chi connectivity index (χ2n) is 5.02. The van der Waals surface area contributed by atoms with Crippen molar-refractivity contribution in [3.8, 4) is 0 Å². The predicted octanol–water partition coefficient (Wildman–Crippen LogP) is 2.54. The molecule has 1 aromatic carbocycles. The van der Waals surface area contributed by atoms with Crippen molar-refractivity contribution >= 4 is 11.6 Å². The van der Waals surface area contributed by atoms with Crippen LogP contribution in [0.3, 0.4) is 0 Å². The number of fused-ring (bicyclic) bond motifs is 1. The van der Waals surface area contributed by atoms with Gasteiger partial charge in [-0.3, -0.25) is 9.78 Å². The van der Waals surface area contributed by atoms with Crippen molar-refractivity contribution in [2.45, 2.75) is 19.4 Å². The average molecular weight is 267 g/mol. The summed E-state index contributed by atoms with van der Waals surface area (Å²) < 4.78 is 0. The van der Waals surface area contributed by atoms with Crippen molar-refractivity contribution in [1.29, 1.82) is 0 Å². The van der Waals surface area contributed by atoms with Crippen LogP contribution in [0.1, 0.15) is 34.5 Å². The Balaban J connectivity index is 1.73. The molecule has 1 amide bonds. The Kier molecular flexibility index (Phi) is 3.37. The topological polar surface area (TPSA) is 54.0 Å². The van der Waals surface area contributed by atoms with Crippen molar-refractivity contribution in [1.82, 2.24) is 10.3 Å². The monoisotopic (exact) mass is 267 g/mol. The van der Waals surface area contributed by atoms with Gasteiger partial charge in [0.2, 0.25) is 0 Å². The Hall–Kier alpha value is -2.36. The Morgan fingerprint density at radius 2 is 2.10 bits per heavy atom. The maximum absolute atomic E-state index is 12.3. The zero-order chi connectivity index (χ0) is 13.9. The van der Waals surface area contributed by atoms with Crippen LogP contribution in [0, 0.1) is 0 Å². The zero-order valence-corrected chi connectivity index (χ0v) is 11.4. The molecular weight excluding hydrogens is 250 g/mol. The summed E-state index contributed by atoms with van der Waals surface area (Å²) in [5.41, 5.74) is 4.10. The number of nitrogens with zero attached hydrogens (tertiary/aromatic N) is 1. The van der Waals surface area contributed by atoms with Gasteiger partial charge in [0.25, 0.3) is 5.91 Å². The normalized spacial score (nSPS) is 14.2. The molecule has 0 radical (unpaired) electrons. The number of benzene rings is 1. The van der Waals surface area contributed by atoms with E-state index in [1.807, 2.05) is 37.3 Å². The molecule has 2 aromatic rings. The molecule has 2 heterocycles. The van der Waals surface area contributed by atoms with Gasteiger partial charge in [-0.25, -0.2) is 0 Å². The molecule has 4 nitrogen and oxygen atoms in total. The van der Waals surface area contributed by atoms with Crippen molar-refractivity contribution in [3.05, 3.63) is 59.4 Å². The third kappa shape index (κ3) is 2.50. The maximum Gasteiger partial charge on any atom is 0.251 e. The van der Waals surface area contributed by atoms with Crippen LogP contribution in [0.25, 0.3) is 0 Å². The first kappa shape index (κ1) is 12.7.